The van der Waals surface area contributed by atoms with Crippen LogP contribution in [-0.2, 0) is 0 Å². The van der Waals surface area contributed by atoms with Crippen LogP contribution in [0.2, 0.25) is 0 Å². The van der Waals surface area contributed by atoms with Gasteiger partial charge < -0.3 is 0 Å². The number of aromatic nitrogens is 2. The standard InChI is InChI=1S/C19H18N4O3/c1-12-9-10-16(23(25)26)11-17(12)20-13(2)18-14(3)21-22(19(18)24)15-7-5-4-6-8-15/h4-11,21H,1-3H3. The van der Waals surface area contributed by atoms with E-state index in [-0.39, 0.29) is 11.2 Å². The van der Waals surface area contributed by atoms with E-state index in [0.29, 0.717) is 22.7 Å². The molecule has 0 atom stereocenters. The monoisotopic (exact) mass is 350 g/mol. The van der Waals surface area contributed by atoms with E-state index in [1.54, 1.807) is 19.9 Å². The van der Waals surface area contributed by atoms with Gasteiger partial charge in [-0.15, -0.1) is 0 Å². The molecule has 1 N–H and O–H groups in total. The van der Waals surface area contributed by atoms with Gasteiger partial charge in [-0.25, -0.2) is 4.68 Å². The second-order valence-corrected chi connectivity index (χ2v) is 6.01. The molecule has 7 heteroatoms. The average Bonchev–Trinajstić information content (AvgIpc) is 2.92. The van der Waals surface area contributed by atoms with E-state index in [2.05, 4.69) is 10.1 Å². The zero-order valence-corrected chi connectivity index (χ0v) is 14.7. The molecule has 0 aliphatic heterocycles. The molecular weight excluding hydrogens is 332 g/mol. The lowest BCUT2D eigenvalue weighted by molar-refractivity contribution is -0.384. The molecule has 0 amide bonds. The van der Waals surface area contributed by atoms with Crippen molar-refractivity contribution in [2.75, 3.05) is 0 Å². The highest BCUT2D eigenvalue weighted by molar-refractivity contribution is 6.01. The molecule has 0 aliphatic carbocycles. The summed E-state index contributed by atoms with van der Waals surface area (Å²) < 4.78 is 1.46. The largest absolute Gasteiger partial charge is 0.295 e. The minimum absolute atomic E-state index is 0.0327. The summed E-state index contributed by atoms with van der Waals surface area (Å²) in [4.78, 5) is 27.8. The van der Waals surface area contributed by atoms with Gasteiger partial charge in [0.25, 0.3) is 11.2 Å². The molecule has 132 valence electrons. The molecular formula is C19H18N4O3. The molecule has 26 heavy (non-hydrogen) atoms. The smallest absolute Gasteiger partial charge is 0.280 e. The van der Waals surface area contributed by atoms with E-state index < -0.39 is 4.92 Å². The number of nitrogens with one attached hydrogen (secondary N) is 1. The van der Waals surface area contributed by atoms with Gasteiger partial charge in [-0.05, 0) is 38.5 Å². The maximum atomic E-state index is 12.8. The van der Waals surface area contributed by atoms with Crippen LogP contribution in [0, 0.1) is 24.0 Å². The summed E-state index contributed by atoms with van der Waals surface area (Å²) in [5.41, 5.74) is 3.40. The number of hydrogen-bond acceptors (Lipinski definition) is 4. The Morgan fingerprint density at radius 1 is 1.15 bits per heavy atom. The van der Waals surface area contributed by atoms with Crippen LogP contribution in [0.3, 0.4) is 0 Å². The summed E-state index contributed by atoms with van der Waals surface area (Å²) in [5.74, 6) is 0. The highest BCUT2D eigenvalue weighted by Crippen LogP contribution is 2.25. The van der Waals surface area contributed by atoms with Crippen molar-refractivity contribution < 1.29 is 4.92 Å². The van der Waals surface area contributed by atoms with Crippen molar-refractivity contribution in [2.24, 2.45) is 4.99 Å². The SMILES string of the molecule is CC(=Nc1cc([N+](=O)[O-])ccc1C)c1c(C)[nH]n(-c2ccccc2)c1=O. The number of aryl methyl sites for hydroxylation is 2. The second kappa shape index (κ2) is 6.79. The van der Waals surface area contributed by atoms with Crippen molar-refractivity contribution in [2.45, 2.75) is 20.8 Å². The first-order chi connectivity index (χ1) is 12.4. The van der Waals surface area contributed by atoms with E-state index in [1.165, 1.54) is 16.8 Å². The van der Waals surface area contributed by atoms with Crippen LogP contribution in [0.15, 0.2) is 58.3 Å². The minimum Gasteiger partial charge on any atom is -0.295 e. The van der Waals surface area contributed by atoms with Gasteiger partial charge in [0.2, 0.25) is 0 Å². The zero-order chi connectivity index (χ0) is 18.8. The molecule has 0 aliphatic rings. The van der Waals surface area contributed by atoms with E-state index in [0.717, 1.165) is 11.3 Å². The van der Waals surface area contributed by atoms with Gasteiger partial charge >= 0.3 is 0 Å². The predicted octanol–water partition coefficient (Wildman–Crippen LogP) is 3.83. The van der Waals surface area contributed by atoms with Gasteiger partial charge in [-0.2, -0.15) is 0 Å². The molecule has 7 nitrogen and oxygen atoms in total. The number of H-pyrrole nitrogens is 1. The maximum Gasteiger partial charge on any atom is 0.280 e. The fraction of sp³-hybridized carbons (Fsp3) is 0.158. The summed E-state index contributed by atoms with van der Waals surface area (Å²) in [7, 11) is 0. The lowest BCUT2D eigenvalue weighted by atomic mass is 10.1. The van der Waals surface area contributed by atoms with Crippen molar-refractivity contribution in [1.29, 1.82) is 0 Å². The van der Waals surface area contributed by atoms with Gasteiger partial charge in [0, 0.05) is 17.8 Å². The molecule has 0 unspecified atom stereocenters. The predicted molar refractivity (Wildman–Crippen MR) is 101 cm³/mol. The van der Waals surface area contributed by atoms with E-state index in [1.807, 2.05) is 37.3 Å². The second-order valence-electron chi connectivity index (χ2n) is 6.01. The highest BCUT2D eigenvalue weighted by Gasteiger charge is 2.16. The topological polar surface area (TPSA) is 93.3 Å². The third-order valence-electron chi connectivity index (χ3n) is 4.14. The molecule has 3 rings (SSSR count). The number of nitro groups is 1. The first-order valence-corrected chi connectivity index (χ1v) is 8.06. The highest BCUT2D eigenvalue weighted by atomic mass is 16.6. The normalized spacial score (nSPS) is 11.6. The van der Waals surface area contributed by atoms with Crippen LogP contribution in [0.4, 0.5) is 11.4 Å². The number of aromatic amines is 1. The Balaban J connectivity index is 2.09. The zero-order valence-electron chi connectivity index (χ0n) is 14.7. The number of para-hydroxylation sites is 1. The fourth-order valence-electron chi connectivity index (χ4n) is 2.80. The van der Waals surface area contributed by atoms with Gasteiger partial charge in [0.15, 0.2) is 0 Å². The lowest BCUT2D eigenvalue weighted by Crippen LogP contribution is -2.19. The number of benzene rings is 2. The summed E-state index contributed by atoms with van der Waals surface area (Å²) in [6, 6.07) is 13.7. The van der Waals surface area contributed by atoms with E-state index >= 15 is 0 Å². The van der Waals surface area contributed by atoms with Crippen LogP contribution in [0.5, 0.6) is 0 Å². The quantitative estimate of drug-likeness (QED) is 0.440. The molecule has 0 saturated carbocycles. The van der Waals surface area contributed by atoms with Crippen molar-refractivity contribution in [3.8, 4) is 5.69 Å². The lowest BCUT2D eigenvalue weighted by Gasteiger charge is -2.03. The maximum absolute atomic E-state index is 12.8. The molecule has 0 spiro atoms. The van der Waals surface area contributed by atoms with Gasteiger partial charge in [0.05, 0.1) is 27.6 Å². The van der Waals surface area contributed by atoms with Crippen molar-refractivity contribution in [3.05, 3.63) is 85.8 Å². The van der Waals surface area contributed by atoms with Gasteiger partial charge in [-0.3, -0.25) is 25.0 Å². The minimum atomic E-state index is -0.461. The van der Waals surface area contributed by atoms with Crippen LogP contribution in [0.25, 0.3) is 5.69 Å². The summed E-state index contributed by atoms with van der Waals surface area (Å²) in [6.07, 6.45) is 0. The molecule has 0 fully saturated rings. The number of nitrogens with zero attached hydrogens (tertiary/aromatic N) is 3. The van der Waals surface area contributed by atoms with Crippen molar-refractivity contribution >= 4 is 17.1 Å². The van der Waals surface area contributed by atoms with Crippen LogP contribution < -0.4 is 5.56 Å². The average molecular weight is 350 g/mol. The molecule has 0 saturated heterocycles. The van der Waals surface area contributed by atoms with Crippen molar-refractivity contribution in [1.82, 2.24) is 9.78 Å². The number of nitro benzene ring substituents is 1. The Kier molecular flexibility index (Phi) is 4.53. The summed E-state index contributed by atoms with van der Waals surface area (Å²) >= 11 is 0. The number of aliphatic imine (C=N–C) groups is 1. The first-order valence-electron chi connectivity index (χ1n) is 8.06. The van der Waals surface area contributed by atoms with Gasteiger partial charge in [-0.1, -0.05) is 24.3 Å². The molecule has 1 aromatic heterocycles. The Morgan fingerprint density at radius 3 is 2.50 bits per heavy atom. The molecule has 2 aromatic carbocycles. The number of rotatable bonds is 4. The Labute approximate surface area is 149 Å². The van der Waals surface area contributed by atoms with E-state index in [4.69, 9.17) is 0 Å². The third kappa shape index (κ3) is 3.19. The third-order valence-corrected chi connectivity index (χ3v) is 4.14. The Hall–Kier alpha value is -3.48. The first kappa shape index (κ1) is 17.3. The van der Waals surface area contributed by atoms with Crippen LogP contribution in [0.1, 0.15) is 23.7 Å². The van der Waals surface area contributed by atoms with Gasteiger partial charge in [0.1, 0.15) is 0 Å². The number of non-ortho nitro benzene ring substituents is 1. The fourth-order valence-corrected chi connectivity index (χ4v) is 2.80. The molecule has 0 radical (unpaired) electrons. The Morgan fingerprint density at radius 2 is 1.85 bits per heavy atom. The van der Waals surface area contributed by atoms with Crippen LogP contribution >= 0.6 is 0 Å². The molecule has 0 bridgehead atoms. The summed E-state index contributed by atoms with van der Waals surface area (Å²) in [5, 5.41) is 14.0. The summed E-state index contributed by atoms with van der Waals surface area (Å²) in [6.45, 7) is 5.35. The molecule has 1 heterocycles. The Bertz CT molecular complexity index is 1060. The van der Waals surface area contributed by atoms with E-state index in [9.17, 15) is 14.9 Å². The molecule has 3 aromatic rings. The van der Waals surface area contributed by atoms with Crippen LogP contribution in [-0.4, -0.2) is 20.4 Å². The number of hydrogen-bond donors (Lipinski definition) is 1. The van der Waals surface area contributed by atoms with Crippen molar-refractivity contribution in [3.63, 3.8) is 0 Å².